The number of methoxy groups -OCH3 is 1. The molecule has 2 rings (SSSR count). The first-order valence-corrected chi connectivity index (χ1v) is 7.03. The summed E-state index contributed by atoms with van der Waals surface area (Å²) in [6.45, 7) is 2.93. The molecule has 1 aliphatic rings. The van der Waals surface area contributed by atoms with E-state index >= 15 is 0 Å². The molecule has 0 atom stereocenters. The predicted molar refractivity (Wildman–Crippen MR) is 76.0 cm³/mol. The normalized spacial score (nSPS) is 18.6. The maximum Gasteiger partial charge on any atom is 0.122 e. The van der Waals surface area contributed by atoms with Gasteiger partial charge >= 0.3 is 0 Å². The Hall–Kier alpha value is -1.02. The molecular formula is C16H25NO. The van der Waals surface area contributed by atoms with Gasteiger partial charge in [0.2, 0.25) is 0 Å². The van der Waals surface area contributed by atoms with Crippen LogP contribution in [0.5, 0.6) is 5.75 Å². The molecule has 2 nitrogen and oxygen atoms in total. The van der Waals surface area contributed by atoms with Crippen LogP contribution >= 0.6 is 0 Å². The summed E-state index contributed by atoms with van der Waals surface area (Å²) >= 11 is 0. The van der Waals surface area contributed by atoms with Crippen LogP contribution in [0.3, 0.4) is 0 Å². The number of rotatable bonds is 4. The molecule has 18 heavy (non-hydrogen) atoms. The maximum absolute atomic E-state index is 6.07. The second-order valence-electron chi connectivity index (χ2n) is 5.76. The molecule has 0 bridgehead atoms. The smallest absolute Gasteiger partial charge is 0.122 e. The van der Waals surface area contributed by atoms with Gasteiger partial charge in [-0.05, 0) is 49.8 Å². The molecule has 1 aromatic carbocycles. The van der Waals surface area contributed by atoms with E-state index in [2.05, 4.69) is 25.1 Å². The molecular weight excluding hydrogens is 222 g/mol. The largest absolute Gasteiger partial charge is 0.496 e. The van der Waals surface area contributed by atoms with Gasteiger partial charge in [0.05, 0.1) is 7.11 Å². The fourth-order valence-electron chi connectivity index (χ4n) is 3.20. The van der Waals surface area contributed by atoms with E-state index in [-0.39, 0.29) is 0 Å². The first-order valence-electron chi connectivity index (χ1n) is 7.03. The van der Waals surface area contributed by atoms with Gasteiger partial charge in [-0.2, -0.15) is 0 Å². The molecule has 0 radical (unpaired) electrons. The van der Waals surface area contributed by atoms with E-state index in [9.17, 15) is 0 Å². The first kappa shape index (κ1) is 13.4. The third kappa shape index (κ3) is 2.86. The van der Waals surface area contributed by atoms with Gasteiger partial charge in [0.15, 0.2) is 0 Å². The van der Waals surface area contributed by atoms with Gasteiger partial charge < -0.3 is 10.5 Å². The minimum Gasteiger partial charge on any atom is -0.496 e. The van der Waals surface area contributed by atoms with Crippen LogP contribution in [-0.2, 0) is 6.42 Å². The zero-order valence-corrected chi connectivity index (χ0v) is 11.7. The highest BCUT2D eigenvalue weighted by molar-refractivity contribution is 5.37. The lowest BCUT2D eigenvalue weighted by Crippen LogP contribution is -2.35. The highest BCUT2D eigenvalue weighted by Gasteiger charge is 2.31. The molecule has 100 valence electrons. The third-order valence-corrected chi connectivity index (χ3v) is 4.35. The summed E-state index contributed by atoms with van der Waals surface area (Å²) in [7, 11) is 1.75. The Morgan fingerprint density at radius 2 is 1.94 bits per heavy atom. The maximum atomic E-state index is 6.07. The molecule has 0 aromatic heterocycles. The standard InChI is InChI=1S/C16H25NO/c1-13-6-7-15(18-2)14(10-13)11-16(12-17)8-4-3-5-9-16/h6-7,10H,3-5,8-9,11-12,17H2,1-2H3. The van der Waals surface area contributed by atoms with Crippen molar-refractivity contribution in [2.75, 3.05) is 13.7 Å². The summed E-state index contributed by atoms with van der Waals surface area (Å²) < 4.78 is 5.49. The Morgan fingerprint density at radius 1 is 1.22 bits per heavy atom. The van der Waals surface area contributed by atoms with E-state index < -0.39 is 0 Å². The molecule has 2 heteroatoms. The Kier molecular flexibility index (Phi) is 4.28. The summed E-state index contributed by atoms with van der Waals surface area (Å²) in [5.74, 6) is 1.01. The quantitative estimate of drug-likeness (QED) is 0.884. The van der Waals surface area contributed by atoms with Crippen molar-refractivity contribution in [2.24, 2.45) is 11.1 Å². The second kappa shape index (κ2) is 5.75. The average molecular weight is 247 g/mol. The molecule has 0 unspecified atom stereocenters. The molecule has 2 N–H and O–H groups in total. The van der Waals surface area contributed by atoms with Crippen LogP contribution in [0.4, 0.5) is 0 Å². The van der Waals surface area contributed by atoms with Crippen molar-refractivity contribution in [2.45, 2.75) is 45.4 Å². The van der Waals surface area contributed by atoms with Crippen molar-refractivity contribution in [1.29, 1.82) is 0 Å². The number of benzene rings is 1. The molecule has 1 saturated carbocycles. The van der Waals surface area contributed by atoms with Gasteiger partial charge in [0.1, 0.15) is 5.75 Å². The van der Waals surface area contributed by atoms with Crippen molar-refractivity contribution in [3.05, 3.63) is 29.3 Å². The van der Waals surface area contributed by atoms with Gasteiger partial charge in [0, 0.05) is 0 Å². The van der Waals surface area contributed by atoms with E-state index in [0.717, 1.165) is 18.7 Å². The van der Waals surface area contributed by atoms with Gasteiger partial charge in [0.25, 0.3) is 0 Å². The van der Waals surface area contributed by atoms with Crippen LogP contribution < -0.4 is 10.5 Å². The molecule has 0 amide bonds. The van der Waals surface area contributed by atoms with Crippen LogP contribution in [0, 0.1) is 12.3 Å². The molecule has 0 spiro atoms. The highest BCUT2D eigenvalue weighted by atomic mass is 16.5. The highest BCUT2D eigenvalue weighted by Crippen LogP contribution is 2.40. The number of ether oxygens (including phenoxy) is 1. The van der Waals surface area contributed by atoms with Crippen molar-refractivity contribution in [3.8, 4) is 5.75 Å². The minimum atomic E-state index is 0.305. The Balaban J connectivity index is 2.23. The van der Waals surface area contributed by atoms with E-state index in [1.54, 1.807) is 7.11 Å². The van der Waals surface area contributed by atoms with Crippen LogP contribution in [-0.4, -0.2) is 13.7 Å². The van der Waals surface area contributed by atoms with E-state index in [1.165, 1.54) is 43.2 Å². The molecule has 0 heterocycles. The zero-order valence-electron chi connectivity index (χ0n) is 11.7. The van der Waals surface area contributed by atoms with Crippen LogP contribution in [0.2, 0.25) is 0 Å². The summed E-state index contributed by atoms with van der Waals surface area (Å²) in [6.07, 6.45) is 7.61. The molecule has 1 fully saturated rings. The Bertz CT molecular complexity index is 394. The van der Waals surface area contributed by atoms with Crippen molar-refractivity contribution in [3.63, 3.8) is 0 Å². The van der Waals surface area contributed by atoms with E-state index in [0.29, 0.717) is 5.41 Å². The number of hydrogen-bond acceptors (Lipinski definition) is 2. The SMILES string of the molecule is COc1ccc(C)cc1CC1(CN)CCCCC1. The lowest BCUT2D eigenvalue weighted by atomic mass is 9.70. The van der Waals surface area contributed by atoms with Gasteiger partial charge in [-0.25, -0.2) is 0 Å². The van der Waals surface area contributed by atoms with Crippen LogP contribution in [0.25, 0.3) is 0 Å². The monoisotopic (exact) mass is 247 g/mol. The molecule has 0 aliphatic heterocycles. The summed E-state index contributed by atoms with van der Waals surface area (Å²) in [5, 5.41) is 0. The first-order chi connectivity index (χ1) is 8.69. The fourth-order valence-corrected chi connectivity index (χ4v) is 3.20. The van der Waals surface area contributed by atoms with Crippen molar-refractivity contribution < 1.29 is 4.74 Å². The van der Waals surface area contributed by atoms with Gasteiger partial charge in [-0.1, -0.05) is 37.0 Å². The summed E-state index contributed by atoms with van der Waals surface area (Å²) in [4.78, 5) is 0. The number of hydrogen-bond donors (Lipinski definition) is 1. The van der Waals surface area contributed by atoms with Crippen LogP contribution in [0.15, 0.2) is 18.2 Å². The van der Waals surface area contributed by atoms with Crippen molar-refractivity contribution in [1.82, 2.24) is 0 Å². The minimum absolute atomic E-state index is 0.305. The number of nitrogens with two attached hydrogens (primary N) is 1. The average Bonchev–Trinajstić information content (AvgIpc) is 2.40. The van der Waals surface area contributed by atoms with E-state index in [4.69, 9.17) is 10.5 Å². The van der Waals surface area contributed by atoms with Gasteiger partial charge in [-0.3, -0.25) is 0 Å². The third-order valence-electron chi connectivity index (χ3n) is 4.35. The molecule has 1 aromatic rings. The molecule has 0 saturated heterocycles. The fraction of sp³-hybridized carbons (Fsp3) is 0.625. The van der Waals surface area contributed by atoms with Crippen LogP contribution in [0.1, 0.15) is 43.2 Å². The summed E-state index contributed by atoms with van der Waals surface area (Å²) in [5.41, 5.74) is 9.00. The topological polar surface area (TPSA) is 35.2 Å². The Labute approximate surface area is 111 Å². The lowest BCUT2D eigenvalue weighted by molar-refractivity contribution is 0.195. The predicted octanol–water partition coefficient (Wildman–Crippen LogP) is 3.46. The number of aryl methyl sites for hydroxylation is 1. The van der Waals surface area contributed by atoms with Gasteiger partial charge in [-0.15, -0.1) is 0 Å². The zero-order chi connectivity index (χ0) is 13.0. The Morgan fingerprint density at radius 3 is 2.56 bits per heavy atom. The second-order valence-corrected chi connectivity index (χ2v) is 5.76. The van der Waals surface area contributed by atoms with Crippen molar-refractivity contribution >= 4 is 0 Å². The van der Waals surface area contributed by atoms with E-state index in [1.807, 2.05) is 0 Å². The molecule has 1 aliphatic carbocycles. The lowest BCUT2D eigenvalue weighted by Gasteiger charge is -2.36. The summed E-state index contributed by atoms with van der Waals surface area (Å²) in [6, 6.07) is 6.45.